The van der Waals surface area contributed by atoms with E-state index in [-0.39, 0.29) is 5.82 Å². The van der Waals surface area contributed by atoms with Crippen molar-refractivity contribution in [2.24, 2.45) is 5.92 Å². The number of ether oxygens (including phenoxy) is 1. The quantitative estimate of drug-likeness (QED) is 0.847. The van der Waals surface area contributed by atoms with Crippen LogP contribution in [0.4, 0.5) is 4.39 Å². The SMILES string of the molecule is COCC1CCN(Cc2ccc(Br)cc2F)C1. The van der Waals surface area contributed by atoms with Crippen LogP contribution in [-0.2, 0) is 11.3 Å². The van der Waals surface area contributed by atoms with Crippen molar-refractivity contribution >= 4 is 15.9 Å². The van der Waals surface area contributed by atoms with Crippen LogP contribution in [-0.4, -0.2) is 31.7 Å². The number of likely N-dealkylation sites (tertiary alicyclic amines) is 1. The highest BCUT2D eigenvalue weighted by Crippen LogP contribution is 2.21. The van der Waals surface area contributed by atoms with E-state index in [1.54, 1.807) is 7.11 Å². The second kappa shape index (κ2) is 5.94. The Kier molecular flexibility index (Phi) is 4.54. The summed E-state index contributed by atoms with van der Waals surface area (Å²) in [6.45, 7) is 3.53. The normalized spacial score (nSPS) is 21.0. The Hall–Kier alpha value is -0.450. The first-order valence-electron chi connectivity index (χ1n) is 5.84. The van der Waals surface area contributed by atoms with Gasteiger partial charge in [0.15, 0.2) is 0 Å². The van der Waals surface area contributed by atoms with Crippen molar-refractivity contribution in [3.63, 3.8) is 0 Å². The van der Waals surface area contributed by atoms with Crippen molar-refractivity contribution in [1.29, 1.82) is 0 Å². The zero-order valence-corrected chi connectivity index (χ0v) is 11.5. The van der Waals surface area contributed by atoms with Crippen LogP contribution in [0.5, 0.6) is 0 Å². The minimum atomic E-state index is -0.130. The van der Waals surface area contributed by atoms with Gasteiger partial charge in [-0.15, -0.1) is 0 Å². The van der Waals surface area contributed by atoms with Crippen LogP contribution in [0.3, 0.4) is 0 Å². The molecule has 0 amide bonds. The molecule has 1 fully saturated rings. The van der Waals surface area contributed by atoms with E-state index in [1.165, 1.54) is 6.07 Å². The monoisotopic (exact) mass is 301 g/mol. The van der Waals surface area contributed by atoms with Crippen molar-refractivity contribution in [3.05, 3.63) is 34.1 Å². The highest BCUT2D eigenvalue weighted by atomic mass is 79.9. The van der Waals surface area contributed by atoms with Crippen molar-refractivity contribution < 1.29 is 9.13 Å². The summed E-state index contributed by atoms with van der Waals surface area (Å²) in [7, 11) is 1.73. The van der Waals surface area contributed by atoms with Crippen LogP contribution in [0.25, 0.3) is 0 Å². The van der Waals surface area contributed by atoms with E-state index in [0.29, 0.717) is 12.5 Å². The predicted molar refractivity (Wildman–Crippen MR) is 69.4 cm³/mol. The van der Waals surface area contributed by atoms with Crippen molar-refractivity contribution in [1.82, 2.24) is 4.90 Å². The number of hydrogen-bond donors (Lipinski definition) is 0. The van der Waals surface area contributed by atoms with Crippen molar-refractivity contribution in [2.45, 2.75) is 13.0 Å². The van der Waals surface area contributed by atoms with Gasteiger partial charge in [-0.2, -0.15) is 0 Å². The molecule has 1 atom stereocenters. The van der Waals surface area contributed by atoms with Crippen LogP contribution in [0, 0.1) is 11.7 Å². The second-order valence-corrected chi connectivity index (χ2v) is 5.50. The summed E-state index contributed by atoms with van der Waals surface area (Å²) >= 11 is 3.27. The standard InChI is InChI=1S/C13H17BrFNO/c1-17-9-10-4-5-16(7-10)8-11-2-3-12(14)6-13(11)15/h2-3,6,10H,4-5,7-9H2,1H3. The lowest BCUT2D eigenvalue weighted by Crippen LogP contribution is -2.21. The molecule has 1 aromatic carbocycles. The van der Waals surface area contributed by atoms with E-state index in [9.17, 15) is 4.39 Å². The molecular weight excluding hydrogens is 285 g/mol. The van der Waals surface area contributed by atoms with E-state index >= 15 is 0 Å². The van der Waals surface area contributed by atoms with Gasteiger partial charge in [-0.25, -0.2) is 4.39 Å². The fourth-order valence-corrected chi connectivity index (χ4v) is 2.65. The molecule has 0 aliphatic carbocycles. The van der Waals surface area contributed by atoms with Gasteiger partial charge in [0, 0.05) is 30.2 Å². The molecule has 0 saturated carbocycles. The first-order valence-corrected chi connectivity index (χ1v) is 6.63. The highest BCUT2D eigenvalue weighted by Gasteiger charge is 2.22. The van der Waals surface area contributed by atoms with E-state index in [2.05, 4.69) is 20.8 Å². The summed E-state index contributed by atoms with van der Waals surface area (Å²) < 4.78 is 19.6. The number of rotatable bonds is 4. The molecule has 2 nitrogen and oxygen atoms in total. The zero-order chi connectivity index (χ0) is 12.3. The van der Waals surface area contributed by atoms with Gasteiger partial charge in [-0.1, -0.05) is 22.0 Å². The van der Waals surface area contributed by atoms with Crippen LogP contribution >= 0.6 is 15.9 Å². The maximum absolute atomic E-state index is 13.7. The van der Waals surface area contributed by atoms with Crippen molar-refractivity contribution in [2.75, 3.05) is 26.8 Å². The third kappa shape index (κ3) is 3.50. The maximum Gasteiger partial charge on any atom is 0.128 e. The van der Waals surface area contributed by atoms with Crippen molar-refractivity contribution in [3.8, 4) is 0 Å². The summed E-state index contributed by atoms with van der Waals surface area (Å²) in [6, 6.07) is 5.27. The molecular formula is C13H17BrFNO. The molecule has 0 radical (unpaired) electrons. The molecule has 1 aliphatic heterocycles. The molecule has 4 heteroatoms. The number of nitrogens with zero attached hydrogens (tertiary/aromatic N) is 1. The summed E-state index contributed by atoms with van der Waals surface area (Å²) in [4.78, 5) is 2.29. The lowest BCUT2D eigenvalue weighted by atomic mass is 10.1. The Morgan fingerprint density at radius 1 is 1.53 bits per heavy atom. The molecule has 17 heavy (non-hydrogen) atoms. The van der Waals surface area contributed by atoms with Gasteiger partial charge >= 0.3 is 0 Å². The molecule has 1 aromatic rings. The molecule has 0 aromatic heterocycles. The Morgan fingerprint density at radius 3 is 3.06 bits per heavy atom. The Balaban J connectivity index is 1.93. The van der Waals surface area contributed by atoms with Crippen LogP contribution in [0.15, 0.2) is 22.7 Å². The molecule has 0 bridgehead atoms. The smallest absolute Gasteiger partial charge is 0.128 e. The summed E-state index contributed by atoms with van der Waals surface area (Å²) in [5.74, 6) is 0.466. The van der Waals surface area contributed by atoms with Crippen LogP contribution in [0.2, 0.25) is 0 Å². The lowest BCUT2D eigenvalue weighted by Gasteiger charge is -2.16. The maximum atomic E-state index is 13.7. The Morgan fingerprint density at radius 2 is 2.35 bits per heavy atom. The summed E-state index contributed by atoms with van der Waals surface area (Å²) in [5.41, 5.74) is 0.770. The predicted octanol–water partition coefficient (Wildman–Crippen LogP) is 3.06. The second-order valence-electron chi connectivity index (χ2n) is 4.58. The number of hydrogen-bond acceptors (Lipinski definition) is 2. The van der Waals surface area contributed by atoms with E-state index < -0.39 is 0 Å². The van der Waals surface area contributed by atoms with Gasteiger partial charge in [0.1, 0.15) is 5.82 Å². The molecule has 94 valence electrons. The van der Waals surface area contributed by atoms with Gasteiger partial charge in [-0.05, 0) is 31.0 Å². The molecule has 1 unspecified atom stereocenters. The van der Waals surface area contributed by atoms with Crippen LogP contribution < -0.4 is 0 Å². The van der Waals surface area contributed by atoms with Gasteiger partial charge < -0.3 is 4.74 Å². The number of benzene rings is 1. The van der Waals surface area contributed by atoms with Gasteiger partial charge in [0.05, 0.1) is 6.61 Å². The summed E-state index contributed by atoms with van der Waals surface area (Å²) in [6.07, 6.45) is 1.14. The summed E-state index contributed by atoms with van der Waals surface area (Å²) in [5, 5.41) is 0. The van der Waals surface area contributed by atoms with E-state index in [0.717, 1.165) is 36.2 Å². The average molecular weight is 302 g/mol. The van der Waals surface area contributed by atoms with E-state index in [1.807, 2.05) is 12.1 Å². The largest absolute Gasteiger partial charge is 0.384 e. The number of halogens is 2. The topological polar surface area (TPSA) is 12.5 Å². The Labute approximate surface area is 110 Å². The fraction of sp³-hybridized carbons (Fsp3) is 0.538. The molecule has 0 spiro atoms. The molecule has 2 rings (SSSR count). The minimum absolute atomic E-state index is 0.130. The van der Waals surface area contributed by atoms with E-state index in [4.69, 9.17) is 4.74 Å². The first-order chi connectivity index (χ1) is 8.19. The average Bonchev–Trinajstić information content (AvgIpc) is 2.71. The fourth-order valence-electron chi connectivity index (χ4n) is 2.32. The van der Waals surface area contributed by atoms with Gasteiger partial charge in [-0.3, -0.25) is 4.90 Å². The number of methoxy groups -OCH3 is 1. The third-order valence-corrected chi connectivity index (χ3v) is 3.67. The van der Waals surface area contributed by atoms with Crippen LogP contribution in [0.1, 0.15) is 12.0 Å². The van der Waals surface area contributed by atoms with Gasteiger partial charge in [0.2, 0.25) is 0 Å². The Bertz CT molecular complexity index is 386. The zero-order valence-electron chi connectivity index (χ0n) is 9.96. The lowest BCUT2D eigenvalue weighted by molar-refractivity contribution is 0.152. The molecule has 1 saturated heterocycles. The molecule has 1 heterocycles. The molecule has 0 N–H and O–H groups in total. The molecule has 1 aliphatic rings. The highest BCUT2D eigenvalue weighted by molar-refractivity contribution is 9.10. The van der Waals surface area contributed by atoms with Gasteiger partial charge in [0.25, 0.3) is 0 Å². The minimum Gasteiger partial charge on any atom is -0.384 e. The third-order valence-electron chi connectivity index (χ3n) is 3.18. The first kappa shape index (κ1) is 13.0.